The number of amides is 2. The van der Waals surface area contributed by atoms with E-state index in [1.54, 1.807) is 14.1 Å². The lowest BCUT2D eigenvalue weighted by molar-refractivity contribution is -0.134. The van der Waals surface area contributed by atoms with Crippen LogP contribution < -0.4 is 21.9 Å². The highest BCUT2D eigenvalue weighted by Crippen LogP contribution is 2.22. The highest BCUT2D eigenvalue weighted by molar-refractivity contribution is 5.97. The molecule has 2 aromatic rings. The summed E-state index contributed by atoms with van der Waals surface area (Å²) in [5.74, 6) is -0.579. The van der Waals surface area contributed by atoms with Gasteiger partial charge in [-0.05, 0) is 24.9 Å². The minimum atomic E-state index is -0.751. The summed E-state index contributed by atoms with van der Waals surface area (Å²) in [7, 11) is 4.85. The van der Waals surface area contributed by atoms with Gasteiger partial charge >= 0.3 is 5.69 Å². The van der Waals surface area contributed by atoms with Crippen LogP contribution in [-0.2, 0) is 20.9 Å². The van der Waals surface area contributed by atoms with Gasteiger partial charge in [0.2, 0.25) is 11.8 Å². The Labute approximate surface area is 197 Å². The van der Waals surface area contributed by atoms with Gasteiger partial charge in [0, 0.05) is 27.7 Å². The molecule has 1 unspecified atom stereocenters. The number of ether oxygens (including phenoxy) is 1. The molecule has 184 valence electrons. The Kier molecular flexibility index (Phi) is 8.24. The van der Waals surface area contributed by atoms with Crippen LogP contribution >= 0.6 is 0 Å². The van der Waals surface area contributed by atoms with E-state index in [2.05, 4.69) is 4.98 Å². The van der Waals surface area contributed by atoms with E-state index < -0.39 is 23.2 Å². The van der Waals surface area contributed by atoms with E-state index in [9.17, 15) is 19.2 Å². The number of likely N-dealkylation sites (tertiary alicyclic amines) is 1. The average molecular weight is 473 g/mol. The molecule has 0 aliphatic carbocycles. The molecule has 1 saturated heterocycles. The minimum absolute atomic E-state index is 0.0618. The predicted molar refractivity (Wildman–Crippen MR) is 129 cm³/mol. The van der Waals surface area contributed by atoms with Gasteiger partial charge in [-0.1, -0.05) is 30.3 Å². The Morgan fingerprint density at radius 3 is 2.56 bits per heavy atom. The normalized spacial score (nSPS) is 15.9. The fraction of sp³-hybridized carbons (Fsp3) is 0.478. The van der Waals surface area contributed by atoms with Crippen LogP contribution in [0.2, 0.25) is 0 Å². The van der Waals surface area contributed by atoms with Gasteiger partial charge in [-0.15, -0.1) is 0 Å². The van der Waals surface area contributed by atoms with Gasteiger partial charge in [-0.3, -0.25) is 28.8 Å². The maximum absolute atomic E-state index is 13.4. The van der Waals surface area contributed by atoms with Gasteiger partial charge in [0.15, 0.2) is 5.69 Å². The van der Waals surface area contributed by atoms with Gasteiger partial charge in [-0.2, -0.15) is 0 Å². The number of nitrogens with two attached hydrogens (primary N) is 1. The minimum Gasteiger partial charge on any atom is -0.383 e. The fourth-order valence-electron chi connectivity index (χ4n) is 4.16. The van der Waals surface area contributed by atoms with E-state index in [1.807, 2.05) is 35.2 Å². The van der Waals surface area contributed by atoms with Gasteiger partial charge in [0.25, 0.3) is 5.56 Å². The second-order valence-corrected chi connectivity index (χ2v) is 8.46. The van der Waals surface area contributed by atoms with Crippen LogP contribution in [0.1, 0.15) is 18.4 Å². The van der Waals surface area contributed by atoms with Crippen molar-refractivity contribution in [1.82, 2.24) is 19.4 Å². The molecule has 11 heteroatoms. The quantitative estimate of drug-likeness (QED) is 0.512. The highest BCUT2D eigenvalue weighted by atomic mass is 16.5. The number of aromatic nitrogens is 2. The Morgan fingerprint density at radius 1 is 1.21 bits per heavy atom. The molecule has 1 aromatic carbocycles. The standard InChI is InChI=1S/C23H32N6O5/c1-26(2)22(32)17-10-7-11-27(17)15-18(30)28(12-13-34-3)19-20(24)29(23(33)25-21(19)31)14-16-8-5-4-6-9-16/h4-6,8-9,17H,7,10-15,24H2,1-3H3,(H,25,31,33). The average Bonchev–Trinajstić information content (AvgIpc) is 3.26. The van der Waals surface area contributed by atoms with E-state index in [4.69, 9.17) is 10.5 Å². The summed E-state index contributed by atoms with van der Waals surface area (Å²) in [6.45, 7) is 0.875. The van der Waals surface area contributed by atoms with E-state index in [1.165, 1.54) is 21.5 Å². The molecule has 34 heavy (non-hydrogen) atoms. The number of carbonyl (C=O) groups is 2. The first-order valence-electron chi connectivity index (χ1n) is 11.2. The number of carbonyl (C=O) groups excluding carboxylic acids is 2. The molecule has 1 atom stereocenters. The number of H-pyrrole nitrogens is 1. The van der Waals surface area contributed by atoms with Crippen molar-refractivity contribution in [2.24, 2.45) is 0 Å². The zero-order valence-corrected chi connectivity index (χ0v) is 19.8. The molecule has 0 radical (unpaired) electrons. The molecule has 2 amide bonds. The number of anilines is 2. The van der Waals surface area contributed by atoms with Crippen LogP contribution in [0.3, 0.4) is 0 Å². The summed E-state index contributed by atoms with van der Waals surface area (Å²) in [6, 6.07) is 8.79. The largest absolute Gasteiger partial charge is 0.383 e. The van der Waals surface area contributed by atoms with Crippen molar-refractivity contribution in [2.45, 2.75) is 25.4 Å². The predicted octanol–water partition coefficient (Wildman–Crippen LogP) is -0.301. The molecular weight excluding hydrogens is 440 g/mol. The molecule has 1 aromatic heterocycles. The Hall–Kier alpha value is -3.44. The number of nitrogens with one attached hydrogen (secondary N) is 1. The van der Waals surface area contributed by atoms with Gasteiger partial charge in [0.05, 0.1) is 25.7 Å². The zero-order valence-electron chi connectivity index (χ0n) is 19.8. The third-order valence-electron chi connectivity index (χ3n) is 5.92. The SMILES string of the molecule is COCCN(C(=O)CN1CCCC1C(=O)N(C)C)c1c(N)n(Cc2ccccc2)c(=O)[nH]c1=O. The number of nitrogen functional groups attached to an aromatic ring is 1. The lowest BCUT2D eigenvalue weighted by Gasteiger charge is -2.29. The molecular formula is C23H32N6O5. The summed E-state index contributed by atoms with van der Waals surface area (Å²) in [6.07, 6.45) is 1.45. The van der Waals surface area contributed by atoms with E-state index in [-0.39, 0.29) is 43.7 Å². The Bertz CT molecular complexity index is 1130. The number of hydrogen-bond donors (Lipinski definition) is 2. The van der Waals surface area contributed by atoms with Crippen LogP contribution in [0.25, 0.3) is 0 Å². The molecule has 2 heterocycles. The number of benzene rings is 1. The Balaban J connectivity index is 1.95. The summed E-state index contributed by atoms with van der Waals surface area (Å²) < 4.78 is 6.37. The monoisotopic (exact) mass is 472 g/mol. The van der Waals surface area contributed by atoms with Gasteiger partial charge in [0.1, 0.15) is 5.82 Å². The summed E-state index contributed by atoms with van der Waals surface area (Å²) >= 11 is 0. The molecule has 0 saturated carbocycles. The first-order chi connectivity index (χ1) is 16.2. The number of aromatic amines is 1. The zero-order chi connectivity index (χ0) is 24.8. The topological polar surface area (TPSA) is 134 Å². The highest BCUT2D eigenvalue weighted by Gasteiger charge is 2.34. The second-order valence-electron chi connectivity index (χ2n) is 8.46. The molecule has 3 N–H and O–H groups in total. The Morgan fingerprint density at radius 2 is 1.91 bits per heavy atom. The summed E-state index contributed by atoms with van der Waals surface area (Å²) in [4.78, 5) is 58.1. The smallest absolute Gasteiger partial charge is 0.330 e. The van der Waals surface area contributed by atoms with Crippen molar-refractivity contribution in [3.05, 3.63) is 56.7 Å². The third-order valence-corrected chi connectivity index (χ3v) is 5.92. The number of hydrogen-bond acceptors (Lipinski definition) is 7. The molecule has 3 rings (SSSR count). The molecule has 11 nitrogen and oxygen atoms in total. The van der Waals surface area contributed by atoms with Crippen LogP contribution in [0.15, 0.2) is 39.9 Å². The van der Waals surface area contributed by atoms with Gasteiger partial charge in [-0.25, -0.2) is 4.79 Å². The molecule has 1 fully saturated rings. The van der Waals surface area contributed by atoms with Crippen LogP contribution in [0.4, 0.5) is 11.5 Å². The lowest BCUT2D eigenvalue weighted by atomic mass is 10.2. The van der Waals surface area contributed by atoms with Crippen molar-refractivity contribution in [2.75, 3.05) is 58.1 Å². The van der Waals surface area contributed by atoms with Crippen LogP contribution in [0, 0.1) is 0 Å². The van der Waals surface area contributed by atoms with E-state index in [0.717, 1.165) is 12.0 Å². The van der Waals surface area contributed by atoms with Gasteiger partial charge < -0.3 is 20.3 Å². The first kappa shape index (κ1) is 25.2. The van der Waals surface area contributed by atoms with Crippen molar-refractivity contribution >= 4 is 23.3 Å². The molecule has 1 aliphatic heterocycles. The number of rotatable bonds is 9. The summed E-state index contributed by atoms with van der Waals surface area (Å²) in [5.41, 5.74) is 5.59. The first-order valence-corrected chi connectivity index (χ1v) is 11.2. The van der Waals surface area contributed by atoms with Crippen LogP contribution in [-0.4, -0.2) is 84.7 Å². The van der Waals surface area contributed by atoms with Crippen LogP contribution in [0.5, 0.6) is 0 Å². The van der Waals surface area contributed by atoms with E-state index >= 15 is 0 Å². The number of nitrogens with zero attached hydrogens (tertiary/aromatic N) is 4. The molecule has 1 aliphatic rings. The van der Waals surface area contributed by atoms with Crippen molar-refractivity contribution in [1.29, 1.82) is 0 Å². The van der Waals surface area contributed by atoms with Crippen molar-refractivity contribution < 1.29 is 14.3 Å². The summed E-state index contributed by atoms with van der Waals surface area (Å²) in [5, 5.41) is 0. The molecule has 0 spiro atoms. The third kappa shape index (κ3) is 5.54. The molecule has 0 bridgehead atoms. The lowest BCUT2D eigenvalue weighted by Crippen LogP contribution is -2.50. The van der Waals surface area contributed by atoms with Crippen molar-refractivity contribution in [3.8, 4) is 0 Å². The number of likely N-dealkylation sites (N-methyl/N-ethyl adjacent to an activating group) is 1. The van der Waals surface area contributed by atoms with E-state index in [0.29, 0.717) is 13.0 Å². The fourth-order valence-corrected chi connectivity index (χ4v) is 4.16. The number of methoxy groups -OCH3 is 1. The maximum Gasteiger partial charge on any atom is 0.330 e. The maximum atomic E-state index is 13.4. The van der Waals surface area contributed by atoms with Crippen molar-refractivity contribution in [3.63, 3.8) is 0 Å². The second kappa shape index (κ2) is 11.1.